The fourth-order valence-electron chi connectivity index (χ4n) is 1.98. The quantitative estimate of drug-likeness (QED) is 0.835. The van der Waals surface area contributed by atoms with Gasteiger partial charge in [0.2, 0.25) is 5.43 Å². The summed E-state index contributed by atoms with van der Waals surface area (Å²) >= 11 is 12.0. The van der Waals surface area contributed by atoms with Gasteiger partial charge in [-0.25, -0.2) is 4.79 Å². The molecule has 0 unspecified atom stereocenters. The number of hydrogen-bond donors (Lipinski definition) is 1. The third kappa shape index (κ3) is 4.05. The minimum absolute atomic E-state index is 0.00629. The Hall–Kier alpha value is -2.26. The van der Waals surface area contributed by atoms with Crippen molar-refractivity contribution in [3.8, 4) is 11.3 Å². The third-order valence-electron chi connectivity index (χ3n) is 3.12. The van der Waals surface area contributed by atoms with Gasteiger partial charge in [0, 0.05) is 18.7 Å². The minimum atomic E-state index is -4.74. The van der Waals surface area contributed by atoms with Gasteiger partial charge in [-0.2, -0.15) is 18.3 Å². The molecule has 0 radical (unpaired) electrons. The Labute approximate surface area is 149 Å². The van der Waals surface area contributed by atoms with E-state index in [1.165, 1.54) is 12.1 Å². The van der Waals surface area contributed by atoms with E-state index in [1.807, 2.05) is 0 Å². The zero-order chi connectivity index (χ0) is 18.9. The standard InChI is InChI=1S/C14H10Cl2F3N3O3/c1-22-11(14(17,18)19)5-10(23)12(21-22)6-3-9(20-13(24)25-2)8(16)4-7(6)15/h3-5H,1-2H3,(H,20,24). The number of anilines is 1. The van der Waals surface area contributed by atoms with Gasteiger partial charge < -0.3 is 4.74 Å². The van der Waals surface area contributed by atoms with Crippen LogP contribution in [-0.2, 0) is 18.0 Å². The molecule has 25 heavy (non-hydrogen) atoms. The van der Waals surface area contributed by atoms with Crippen LogP contribution in [-0.4, -0.2) is 23.0 Å². The number of nitrogens with zero attached hydrogens (tertiary/aromatic N) is 2. The predicted octanol–water partition coefficient (Wildman–Crippen LogP) is 3.95. The van der Waals surface area contributed by atoms with Crippen LogP contribution in [0.15, 0.2) is 23.0 Å². The van der Waals surface area contributed by atoms with Gasteiger partial charge in [-0.05, 0) is 12.1 Å². The average molecular weight is 396 g/mol. The summed E-state index contributed by atoms with van der Waals surface area (Å²) in [6, 6.07) is 2.86. The number of aryl methyl sites for hydroxylation is 1. The highest BCUT2D eigenvalue weighted by Gasteiger charge is 2.34. The second-order valence-electron chi connectivity index (χ2n) is 4.79. The van der Waals surface area contributed by atoms with Crippen LogP contribution in [0.2, 0.25) is 10.0 Å². The van der Waals surface area contributed by atoms with Crippen LogP contribution >= 0.6 is 23.2 Å². The molecule has 2 aromatic rings. The van der Waals surface area contributed by atoms with Crippen molar-refractivity contribution in [2.24, 2.45) is 7.05 Å². The van der Waals surface area contributed by atoms with E-state index in [2.05, 4.69) is 15.2 Å². The minimum Gasteiger partial charge on any atom is -0.453 e. The van der Waals surface area contributed by atoms with E-state index in [-0.39, 0.29) is 27.0 Å². The molecule has 0 aliphatic carbocycles. The first kappa shape index (κ1) is 19.1. The lowest BCUT2D eigenvalue weighted by atomic mass is 10.1. The summed E-state index contributed by atoms with van der Waals surface area (Å²) in [7, 11) is 2.18. The van der Waals surface area contributed by atoms with Crippen molar-refractivity contribution >= 4 is 35.0 Å². The molecule has 6 nitrogen and oxygen atoms in total. The summed E-state index contributed by atoms with van der Waals surface area (Å²) in [6.45, 7) is 0. The van der Waals surface area contributed by atoms with E-state index in [4.69, 9.17) is 23.2 Å². The lowest BCUT2D eigenvalue weighted by Gasteiger charge is -2.14. The Morgan fingerprint density at radius 3 is 2.44 bits per heavy atom. The lowest BCUT2D eigenvalue weighted by molar-refractivity contribution is -0.144. The molecule has 1 heterocycles. The molecule has 0 aliphatic heterocycles. The molecule has 0 saturated carbocycles. The first-order valence-electron chi connectivity index (χ1n) is 6.54. The summed E-state index contributed by atoms with van der Waals surface area (Å²) in [6.07, 6.45) is -5.57. The summed E-state index contributed by atoms with van der Waals surface area (Å²) in [5.74, 6) is 0. The summed E-state index contributed by atoms with van der Waals surface area (Å²) in [5.41, 5.74) is -2.47. The first-order chi connectivity index (χ1) is 11.5. The second kappa shape index (κ2) is 6.93. The van der Waals surface area contributed by atoms with Crippen LogP contribution in [0.1, 0.15) is 5.69 Å². The van der Waals surface area contributed by atoms with Gasteiger partial charge in [-0.1, -0.05) is 23.2 Å². The molecule has 2 rings (SSSR count). The molecule has 1 aromatic heterocycles. The smallest absolute Gasteiger partial charge is 0.433 e. The molecule has 134 valence electrons. The molecular weight excluding hydrogens is 386 g/mol. The number of carbonyl (C=O) groups is 1. The molecule has 1 amide bonds. The Bertz CT molecular complexity index is 897. The number of halogens is 5. The molecule has 11 heteroatoms. The number of amides is 1. The number of benzene rings is 1. The number of alkyl halides is 3. The van der Waals surface area contributed by atoms with Crippen molar-refractivity contribution in [2.45, 2.75) is 6.18 Å². The monoisotopic (exact) mass is 395 g/mol. The first-order valence-corrected chi connectivity index (χ1v) is 7.30. The highest BCUT2D eigenvalue weighted by molar-refractivity contribution is 6.38. The van der Waals surface area contributed by atoms with Crippen LogP contribution in [0.5, 0.6) is 0 Å². The highest BCUT2D eigenvalue weighted by atomic mass is 35.5. The van der Waals surface area contributed by atoms with Crippen molar-refractivity contribution in [3.63, 3.8) is 0 Å². The van der Waals surface area contributed by atoms with Gasteiger partial charge in [0.1, 0.15) is 11.4 Å². The van der Waals surface area contributed by atoms with Gasteiger partial charge in [0.05, 0.1) is 22.8 Å². The maximum Gasteiger partial charge on any atom is 0.433 e. The van der Waals surface area contributed by atoms with Crippen molar-refractivity contribution in [3.05, 3.63) is 44.2 Å². The number of aromatic nitrogens is 2. The number of rotatable bonds is 2. The van der Waals surface area contributed by atoms with Crippen molar-refractivity contribution in [2.75, 3.05) is 12.4 Å². The molecule has 1 N–H and O–H groups in total. The fourth-order valence-corrected chi connectivity index (χ4v) is 2.50. The van der Waals surface area contributed by atoms with Gasteiger partial charge in [0.25, 0.3) is 0 Å². The SMILES string of the molecule is COC(=O)Nc1cc(-c2nn(C)c(C(F)(F)F)cc2=O)c(Cl)cc1Cl. The largest absolute Gasteiger partial charge is 0.453 e. The van der Waals surface area contributed by atoms with Crippen molar-refractivity contribution in [1.29, 1.82) is 0 Å². The van der Waals surface area contributed by atoms with Gasteiger partial charge in [0.15, 0.2) is 0 Å². The summed E-state index contributed by atoms with van der Waals surface area (Å²) in [4.78, 5) is 23.4. The van der Waals surface area contributed by atoms with E-state index < -0.39 is 23.4 Å². The topological polar surface area (TPSA) is 73.2 Å². The normalized spacial score (nSPS) is 11.3. The van der Waals surface area contributed by atoms with Gasteiger partial charge >= 0.3 is 12.3 Å². The van der Waals surface area contributed by atoms with Crippen molar-refractivity contribution in [1.82, 2.24) is 9.78 Å². The number of carbonyl (C=O) groups excluding carboxylic acids is 1. The maximum absolute atomic E-state index is 12.8. The molecule has 0 aliphatic rings. The van der Waals surface area contributed by atoms with E-state index in [0.29, 0.717) is 10.7 Å². The average Bonchev–Trinajstić information content (AvgIpc) is 2.50. The van der Waals surface area contributed by atoms with Crippen LogP contribution in [0.4, 0.5) is 23.7 Å². The zero-order valence-electron chi connectivity index (χ0n) is 12.7. The lowest BCUT2D eigenvalue weighted by Crippen LogP contribution is -2.22. The number of nitrogens with one attached hydrogen (secondary N) is 1. The van der Waals surface area contributed by atoms with Crippen molar-refractivity contribution < 1.29 is 22.7 Å². The van der Waals surface area contributed by atoms with Gasteiger partial charge in [-0.3, -0.25) is 14.8 Å². The molecule has 0 fully saturated rings. The number of ether oxygens (including phenoxy) is 1. The molecule has 0 bridgehead atoms. The Kier molecular flexibility index (Phi) is 5.28. The molecule has 0 atom stereocenters. The Morgan fingerprint density at radius 2 is 1.88 bits per heavy atom. The van der Waals surface area contributed by atoms with E-state index >= 15 is 0 Å². The Morgan fingerprint density at radius 1 is 1.24 bits per heavy atom. The van der Waals surface area contributed by atoms with Crippen LogP contribution in [0.25, 0.3) is 11.3 Å². The molecular formula is C14H10Cl2F3N3O3. The van der Waals surface area contributed by atoms with E-state index in [0.717, 1.165) is 14.2 Å². The summed E-state index contributed by atoms with van der Waals surface area (Å²) < 4.78 is 43.5. The molecule has 0 saturated heterocycles. The highest BCUT2D eigenvalue weighted by Crippen LogP contribution is 2.34. The molecule has 0 spiro atoms. The predicted molar refractivity (Wildman–Crippen MR) is 86.0 cm³/mol. The second-order valence-corrected chi connectivity index (χ2v) is 5.61. The van der Waals surface area contributed by atoms with Crippen LogP contribution in [0, 0.1) is 0 Å². The van der Waals surface area contributed by atoms with Crippen LogP contribution in [0.3, 0.4) is 0 Å². The van der Waals surface area contributed by atoms with E-state index in [1.54, 1.807) is 0 Å². The Balaban J connectivity index is 2.62. The number of methoxy groups -OCH3 is 1. The van der Waals surface area contributed by atoms with E-state index in [9.17, 15) is 22.8 Å². The third-order valence-corrected chi connectivity index (χ3v) is 3.75. The van der Waals surface area contributed by atoms with Gasteiger partial charge in [-0.15, -0.1) is 0 Å². The fraction of sp³-hybridized carbons (Fsp3) is 0.214. The summed E-state index contributed by atoms with van der Waals surface area (Å²) in [5, 5.41) is 5.97. The maximum atomic E-state index is 12.8. The van der Waals surface area contributed by atoms with Crippen LogP contribution < -0.4 is 10.7 Å². The zero-order valence-corrected chi connectivity index (χ0v) is 14.3. The number of hydrogen-bond acceptors (Lipinski definition) is 4. The molecule has 1 aromatic carbocycles.